The molecule has 4 aliphatic carbocycles. The van der Waals surface area contributed by atoms with E-state index in [-0.39, 0.29) is 35.1 Å². The third-order valence-corrected chi connectivity index (χ3v) is 9.39. The van der Waals surface area contributed by atoms with E-state index in [4.69, 9.17) is 10.2 Å². The van der Waals surface area contributed by atoms with Crippen LogP contribution in [0, 0.1) is 39.9 Å². The van der Waals surface area contributed by atoms with Gasteiger partial charge in [0, 0.05) is 30.0 Å². The van der Waals surface area contributed by atoms with Crippen molar-refractivity contribution in [3.8, 4) is 0 Å². The van der Waals surface area contributed by atoms with Crippen molar-refractivity contribution in [3.05, 3.63) is 0 Å². The third-order valence-electron chi connectivity index (χ3n) is 9.39. The lowest BCUT2D eigenvalue weighted by Crippen LogP contribution is -2.56. The van der Waals surface area contributed by atoms with Gasteiger partial charge in [0.05, 0.1) is 5.71 Å². The molecule has 160 valence electrons. The molecule has 5 nitrogen and oxygen atoms in total. The van der Waals surface area contributed by atoms with Gasteiger partial charge in [-0.25, -0.2) is 4.39 Å². The van der Waals surface area contributed by atoms with Gasteiger partial charge in [0.2, 0.25) is 0 Å². The Morgan fingerprint density at radius 1 is 1.21 bits per heavy atom. The Balaban J connectivity index is 1.36. The lowest BCUT2D eigenvalue weighted by molar-refractivity contribution is -0.135. The molecule has 0 radical (unpaired) electrons. The van der Waals surface area contributed by atoms with E-state index in [2.05, 4.69) is 17.4 Å². The van der Waals surface area contributed by atoms with Gasteiger partial charge in [-0.15, -0.1) is 0 Å². The lowest BCUT2D eigenvalue weighted by Gasteiger charge is -2.59. The number of alkyl halides is 1. The second kappa shape index (κ2) is 6.86. The van der Waals surface area contributed by atoms with Crippen LogP contribution >= 0.6 is 0 Å². The van der Waals surface area contributed by atoms with Crippen molar-refractivity contribution < 1.29 is 14.0 Å². The van der Waals surface area contributed by atoms with Crippen LogP contribution in [0.3, 0.4) is 0 Å². The normalized spacial score (nSPS) is 50.9. The first kappa shape index (κ1) is 19.7. The lowest BCUT2D eigenvalue weighted by atomic mass is 9.45. The van der Waals surface area contributed by atoms with Gasteiger partial charge in [-0.3, -0.25) is 4.79 Å². The van der Waals surface area contributed by atoms with E-state index in [9.17, 15) is 9.18 Å². The number of fused-ring (bicyclic) bond motifs is 5. The van der Waals surface area contributed by atoms with E-state index in [1.54, 1.807) is 0 Å². The molecule has 0 spiro atoms. The number of hydrogen-bond acceptors (Lipinski definition) is 5. The molecule has 5 fully saturated rings. The SMILES string of the molecule is CC12CCC3C(CC(=N)C4CC(=NOC5CCNC5)CCC43C)C1CC(F)C2=O. The number of rotatable bonds is 2. The zero-order chi connectivity index (χ0) is 20.4. The van der Waals surface area contributed by atoms with Crippen LogP contribution in [0.2, 0.25) is 0 Å². The first-order valence-electron chi connectivity index (χ1n) is 11.5. The van der Waals surface area contributed by atoms with Gasteiger partial charge in [-0.05, 0) is 74.7 Å². The van der Waals surface area contributed by atoms with Gasteiger partial charge < -0.3 is 15.6 Å². The Morgan fingerprint density at radius 3 is 2.79 bits per heavy atom. The van der Waals surface area contributed by atoms with Crippen molar-refractivity contribution in [1.29, 1.82) is 5.41 Å². The molecule has 0 bridgehead atoms. The van der Waals surface area contributed by atoms with Gasteiger partial charge in [0.1, 0.15) is 6.10 Å². The summed E-state index contributed by atoms with van der Waals surface area (Å²) in [6.45, 7) is 6.21. The fraction of sp³-hybridized carbons (Fsp3) is 0.870. The molecule has 0 aromatic heterocycles. The van der Waals surface area contributed by atoms with Crippen LogP contribution in [0.4, 0.5) is 4.39 Å². The second-order valence-electron chi connectivity index (χ2n) is 10.8. The molecular formula is C23H34FN3O2. The van der Waals surface area contributed by atoms with E-state index in [0.29, 0.717) is 12.3 Å². The van der Waals surface area contributed by atoms with E-state index in [1.807, 2.05) is 6.92 Å². The number of carbonyl (C=O) groups excluding carboxylic acids is 1. The highest BCUT2D eigenvalue weighted by molar-refractivity contribution is 5.95. The number of Topliss-reactive ketones (excluding diaryl/α,β-unsaturated/α-hetero) is 1. The van der Waals surface area contributed by atoms with Crippen molar-refractivity contribution >= 4 is 17.2 Å². The van der Waals surface area contributed by atoms with Crippen LogP contribution in [-0.2, 0) is 9.63 Å². The number of oxime groups is 1. The van der Waals surface area contributed by atoms with Crippen molar-refractivity contribution in [2.24, 2.45) is 39.7 Å². The molecule has 6 heteroatoms. The first-order valence-corrected chi connectivity index (χ1v) is 11.5. The summed E-state index contributed by atoms with van der Waals surface area (Å²) >= 11 is 0. The van der Waals surface area contributed by atoms with Crippen molar-refractivity contribution in [3.63, 3.8) is 0 Å². The summed E-state index contributed by atoms with van der Waals surface area (Å²) in [7, 11) is 0. The molecular weight excluding hydrogens is 369 g/mol. The summed E-state index contributed by atoms with van der Waals surface area (Å²) in [6, 6.07) is 0. The Labute approximate surface area is 172 Å². The molecule has 0 amide bonds. The van der Waals surface area contributed by atoms with Crippen molar-refractivity contribution in [2.45, 2.75) is 77.5 Å². The number of carbonyl (C=O) groups is 1. The molecule has 0 aromatic carbocycles. The fourth-order valence-electron chi connectivity index (χ4n) is 7.61. The zero-order valence-electron chi connectivity index (χ0n) is 17.7. The predicted molar refractivity (Wildman–Crippen MR) is 110 cm³/mol. The van der Waals surface area contributed by atoms with Gasteiger partial charge in [-0.2, -0.15) is 0 Å². The molecule has 1 saturated heterocycles. The van der Waals surface area contributed by atoms with Crippen LogP contribution in [0.5, 0.6) is 0 Å². The summed E-state index contributed by atoms with van der Waals surface area (Å²) in [5.74, 6) is 0.918. The van der Waals surface area contributed by atoms with E-state index >= 15 is 0 Å². The van der Waals surface area contributed by atoms with Crippen LogP contribution in [0.1, 0.15) is 65.2 Å². The van der Waals surface area contributed by atoms with Gasteiger partial charge in [0.15, 0.2) is 12.0 Å². The Kier molecular flexibility index (Phi) is 4.65. The minimum Gasteiger partial charge on any atom is -0.391 e. The molecule has 29 heavy (non-hydrogen) atoms. The van der Waals surface area contributed by atoms with Gasteiger partial charge >= 0.3 is 0 Å². The summed E-state index contributed by atoms with van der Waals surface area (Å²) in [5.41, 5.74) is 1.45. The Morgan fingerprint density at radius 2 is 2.03 bits per heavy atom. The highest BCUT2D eigenvalue weighted by Crippen LogP contribution is 2.64. The summed E-state index contributed by atoms with van der Waals surface area (Å²) < 4.78 is 14.4. The van der Waals surface area contributed by atoms with Crippen LogP contribution in [0.15, 0.2) is 5.16 Å². The van der Waals surface area contributed by atoms with Crippen molar-refractivity contribution in [1.82, 2.24) is 5.32 Å². The van der Waals surface area contributed by atoms with Crippen molar-refractivity contribution in [2.75, 3.05) is 13.1 Å². The number of ketones is 1. The van der Waals surface area contributed by atoms with Gasteiger partial charge in [0.25, 0.3) is 0 Å². The molecule has 8 unspecified atom stereocenters. The quantitative estimate of drug-likeness (QED) is 0.687. The molecule has 8 atom stereocenters. The van der Waals surface area contributed by atoms with E-state index < -0.39 is 11.6 Å². The molecule has 1 aliphatic heterocycles. The molecule has 5 rings (SSSR count). The fourth-order valence-corrected chi connectivity index (χ4v) is 7.61. The summed E-state index contributed by atoms with van der Waals surface area (Å²) in [5, 5.41) is 16.7. The van der Waals surface area contributed by atoms with E-state index in [1.165, 1.54) is 0 Å². The average molecular weight is 404 g/mol. The minimum absolute atomic E-state index is 0.0622. The maximum absolute atomic E-state index is 14.4. The Hall–Kier alpha value is -1.30. The van der Waals surface area contributed by atoms with Crippen LogP contribution in [0.25, 0.3) is 0 Å². The smallest absolute Gasteiger partial charge is 0.173 e. The summed E-state index contributed by atoms with van der Waals surface area (Å²) in [4.78, 5) is 18.3. The Bertz CT molecular complexity index is 748. The van der Waals surface area contributed by atoms with E-state index in [0.717, 1.165) is 69.5 Å². The monoisotopic (exact) mass is 403 g/mol. The highest BCUT2D eigenvalue weighted by atomic mass is 19.1. The highest BCUT2D eigenvalue weighted by Gasteiger charge is 2.63. The third kappa shape index (κ3) is 2.92. The topological polar surface area (TPSA) is 74.5 Å². The first-order chi connectivity index (χ1) is 13.8. The number of halogens is 1. The maximum atomic E-state index is 14.4. The molecule has 2 N–H and O–H groups in total. The molecule has 4 saturated carbocycles. The molecule has 5 aliphatic rings. The second-order valence-corrected chi connectivity index (χ2v) is 10.8. The maximum Gasteiger partial charge on any atom is 0.173 e. The zero-order valence-corrected chi connectivity index (χ0v) is 17.7. The number of hydrogen-bond donors (Lipinski definition) is 2. The largest absolute Gasteiger partial charge is 0.391 e. The standard InChI is InChI=1S/C23H34FN3O2/c1-22-6-3-13(27-29-14-5-8-26-12-14)9-18(22)20(25)10-15-16(22)4-7-23(2)17(15)11-19(24)21(23)28/h14-19,25-26H,3-12H2,1-2H3. The average Bonchev–Trinajstić information content (AvgIpc) is 3.29. The summed E-state index contributed by atoms with van der Waals surface area (Å²) in [6.07, 6.45) is 5.56. The van der Waals surface area contributed by atoms with Crippen LogP contribution in [-0.4, -0.2) is 42.6 Å². The number of nitrogens with zero attached hydrogens (tertiary/aromatic N) is 1. The molecule has 1 heterocycles. The minimum atomic E-state index is -1.30. The van der Waals surface area contributed by atoms with Gasteiger partial charge in [-0.1, -0.05) is 19.0 Å². The molecule has 0 aromatic rings. The number of nitrogens with one attached hydrogen (secondary N) is 2. The predicted octanol–water partition coefficient (Wildman–Crippen LogP) is 3.91. The van der Waals surface area contributed by atoms with Crippen LogP contribution < -0.4 is 5.32 Å².